The van der Waals surface area contributed by atoms with Crippen molar-refractivity contribution in [2.45, 2.75) is 39.3 Å². The molecule has 1 amide bonds. The van der Waals surface area contributed by atoms with Crippen molar-refractivity contribution in [1.29, 1.82) is 0 Å². The molecule has 0 aliphatic carbocycles. The van der Waals surface area contributed by atoms with Crippen molar-refractivity contribution in [3.8, 4) is 0 Å². The van der Waals surface area contributed by atoms with Crippen LogP contribution in [-0.2, 0) is 18.4 Å². The van der Waals surface area contributed by atoms with Gasteiger partial charge in [-0.05, 0) is 24.5 Å². The molecule has 0 bridgehead atoms. The number of carbonyl (C=O) groups is 1. The van der Waals surface area contributed by atoms with E-state index in [2.05, 4.69) is 22.2 Å². The zero-order chi connectivity index (χ0) is 17.3. The first-order valence-corrected chi connectivity index (χ1v) is 8.97. The van der Waals surface area contributed by atoms with Gasteiger partial charge in [0.15, 0.2) is 0 Å². The average molecular weight is 349 g/mol. The summed E-state index contributed by atoms with van der Waals surface area (Å²) in [6.45, 7) is 6.41. The molecule has 1 fully saturated rings. The number of benzene rings is 1. The molecular weight excluding hydrogens is 324 g/mol. The Hall–Kier alpha value is -1.59. The summed E-state index contributed by atoms with van der Waals surface area (Å²) < 4.78 is 1.89. The molecule has 0 unspecified atom stereocenters. The summed E-state index contributed by atoms with van der Waals surface area (Å²) in [7, 11) is 1.95. The first-order valence-electron chi connectivity index (χ1n) is 8.59. The third-order valence-electron chi connectivity index (χ3n) is 4.84. The van der Waals surface area contributed by atoms with Gasteiger partial charge in [0.1, 0.15) is 0 Å². The maximum absolute atomic E-state index is 11.5. The van der Waals surface area contributed by atoms with E-state index in [1.807, 2.05) is 29.9 Å². The van der Waals surface area contributed by atoms with Crippen LogP contribution in [0.25, 0.3) is 10.9 Å². The highest BCUT2D eigenvalue weighted by Crippen LogP contribution is 2.29. The van der Waals surface area contributed by atoms with Gasteiger partial charge in [0.2, 0.25) is 5.91 Å². The van der Waals surface area contributed by atoms with Gasteiger partial charge in [-0.25, -0.2) is 0 Å². The second kappa shape index (κ2) is 7.11. The zero-order valence-corrected chi connectivity index (χ0v) is 15.3. The van der Waals surface area contributed by atoms with Gasteiger partial charge in [-0.15, -0.1) is 0 Å². The number of aromatic nitrogens is 2. The predicted octanol–water partition coefficient (Wildman–Crippen LogP) is 2.96. The largest absolute Gasteiger partial charge is 0.352 e. The Morgan fingerprint density at radius 2 is 2.21 bits per heavy atom. The molecule has 6 heteroatoms. The van der Waals surface area contributed by atoms with Crippen molar-refractivity contribution in [2.24, 2.45) is 13.0 Å². The third kappa shape index (κ3) is 3.42. The van der Waals surface area contributed by atoms with Crippen LogP contribution in [0.5, 0.6) is 0 Å². The summed E-state index contributed by atoms with van der Waals surface area (Å²) in [6.07, 6.45) is 2.26. The summed E-state index contributed by atoms with van der Waals surface area (Å²) in [5, 5.41) is 9.58. The predicted molar refractivity (Wildman–Crippen MR) is 97.0 cm³/mol. The van der Waals surface area contributed by atoms with Crippen LogP contribution in [0.3, 0.4) is 0 Å². The van der Waals surface area contributed by atoms with E-state index in [4.69, 9.17) is 11.6 Å². The van der Waals surface area contributed by atoms with Crippen LogP contribution in [0, 0.1) is 5.92 Å². The topological polar surface area (TPSA) is 50.2 Å². The van der Waals surface area contributed by atoms with E-state index in [1.165, 1.54) is 0 Å². The lowest BCUT2D eigenvalue weighted by Gasteiger charge is -2.18. The lowest BCUT2D eigenvalue weighted by atomic mass is 9.98. The lowest BCUT2D eigenvalue weighted by Crippen LogP contribution is -2.39. The third-order valence-corrected chi connectivity index (χ3v) is 5.15. The molecule has 2 atom stereocenters. The molecule has 130 valence electrons. The summed E-state index contributed by atoms with van der Waals surface area (Å²) in [5.41, 5.74) is 2.07. The van der Waals surface area contributed by atoms with Gasteiger partial charge in [-0.2, -0.15) is 5.10 Å². The number of halogens is 1. The number of fused-ring (bicyclic) bond motifs is 1. The highest BCUT2D eigenvalue weighted by Gasteiger charge is 2.33. The van der Waals surface area contributed by atoms with Gasteiger partial charge < -0.3 is 5.32 Å². The molecule has 0 radical (unpaired) electrons. The van der Waals surface area contributed by atoms with E-state index in [0.29, 0.717) is 5.92 Å². The maximum Gasteiger partial charge on any atom is 0.217 e. The minimum absolute atomic E-state index is 0.0503. The van der Waals surface area contributed by atoms with Crippen molar-refractivity contribution in [2.75, 3.05) is 13.1 Å². The fourth-order valence-electron chi connectivity index (χ4n) is 3.85. The number of hydrogen-bond acceptors (Lipinski definition) is 3. The van der Waals surface area contributed by atoms with Crippen LogP contribution in [0.2, 0.25) is 5.02 Å². The molecule has 1 aromatic carbocycles. The Morgan fingerprint density at radius 3 is 2.92 bits per heavy atom. The van der Waals surface area contributed by atoms with Crippen LogP contribution in [0.4, 0.5) is 0 Å². The summed E-state index contributed by atoms with van der Waals surface area (Å²) >= 11 is 6.41. The standard InChI is InChI=1S/C18H25ClN4O/c1-4-6-13-9-23(10-15(13)20-12(2)24)11-16-18-14(19)7-5-8-17(18)22(3)21-16/h5,7-8,13,15H,4,6,9-11H2,1-3H3,(H,20,24)/t13-,15-/m1/s1. The van der Waals surface area contributed by atoms with E-state index in [9.17, 15) is 4.79 Å². The second-order valence-electron chi connectivity index (χ2n) is 6.75. The number of nitrogens with one attached hydrogen (secondary N) is 1. The SMILES string of the molecule is CCC[C@@H]1CN(Cc2nn(C)c3cccc(Cl)c23)C[C@H]1NC(C)=O. The number of rotatable bonds is 5. The number of nitrogens with zero attached hydrogens (tertiary/aromatic N) is 3. The van der Waals surface area contributed by atoms with E-state index < -0.39 is 0 Å². The Labute approximate surface area is 148 Å². The second-order valence-corrected chi connectivity index (χ2v) is 7.16. The number of likely N-dealkylation sites (tertiary alicyclic amines) is 1. The molecule has 1 aliphatic heterocycles. The van der Waals surface area contributed by atoms with E-state index in [-0.39, 0.29) is 11.9 Å². The monoisotopic (exact) mass is 348 g/mol. The normalized spacial score (nSPS) is 21.5. The molecule has 1 aliphatic rings. The highest BCUT2D eigenvalue weighted by molar-refractivity contribution is 6.35. The fourth-order valence-corrected chi connectivity index (χ4v) is 4.13. The molecule has 3 rings (SSSR count). The lowest BCUT2D eigenvalue weighted by molar-refractivity contribution is -0.119. The van der Waals surface area contributed by atoms with Gasteiger partial charge >= 0.3 is 0 Å². The van der Waals surface area contributed by atoms with Crippen LogP contribution in [-0.4, -0.2) is 39.7 Å². The van der Waals surface area contributed by atoms with E-state index in [0.717, 1.165) is 54.1 Å². The summed E-state index contributed by atoms with van der Waals surface area (Å²) in [4.78, 5) is 13.9. The quantitative estimate of drug-likeness (QED) is 0.903. The molecule has 24 heavy (non-hydrogen) atoms. The van der Waals surface area contributed by atoms with Gasteiger partial charge in [0.25, 0.3) is 0 Å². The van der Waals surface area contributed by atoms with E-state index >= 15 is 0 Å². The van der Waals surface area contributed by atoms with Crippen LogP contribution >= 0.6 is 11.6 Å². The van der Waals surface area contributed by atoms with E-state index in [1.54, 1.807) is 6.92 Å². The van der Waals surface area contributed by atoms with Gasteiger partial charge in [-0.1, -0.05) is 31.0 Å². The van der Waals surface area contributed by atoms with Crippen molar-refractivity contribution in [3.63, 3.8) is 0 Å². The van der Waals surface area contributed by atoms with Gasteiger partial charge in [0, 0.05) is 45.0 Å². The fraction of sp³-hybridized carbons (Fsp3) is 0.556. The number of hydrogen-bond donors (Lipinski definition) is 1. The van der Waals surface area contributed by atoms with Crippen molar-refractivity contribution in [1.82, 2.24) is 20.0 Å². The molecule has 1 aromatic heterocycles. The minimum atomic E-state index is 0.0503. The highest BCUT2D eigenvalue weighted by atomic mass is 35.5. The summed E-state index contributed by atoms with van der Waals surface area (Å²) in [6, 6.07) is 6.14. The summed E-state index contributed by atoms with van der Waals surface area (Å²) in [5.74, 6) is 0.554. The van der Waals surface area contributed by atoms with Crippen LogP contribution < -0.4 is 5.32 Å². The van der Waals surface area contributed by atoms with Crippen LogP contribution in [0.15, 0.2) is 18.2 Å². The van der Waals surface area contributed by atoms with Crippen LogP contribution in [0.1, 0.15) is 32.4 Å². The smallest absolute Gasteiger partial charge is 0.217 e. The average Bonchev–Trinajstić information content (AvgIpc) is 3.02. The molecule has 5 nitrogen and oxygen atoms in total. The van der Waals surface area contributed by atoms with Gasteiger partial charge in [0.05, 0.1) is 16.2 Å². The minimum Gasteiger partial charge on any atom is -0.352 e. The van der Waals surface area contributed by atoms with Crippen molar-refractivity contribution >= 4 is 28.4 Å². The first kappa shape index (κ1) is 17.2. The molecular formula is C18H25ClN4O. The van der Waals surface area contributed by atoms with Crippen molar-refractivity contribution < 1.29 is 4.79 Å². The number of aryl methyl sites for hydroxylation is 1. The Morgan fingerprint density at radius 1 is 1.42 bits per heavy atom. The Bertz CT molecular complexity index is 742. The molecule has 0 spiro atoms. The zero-order valence-electron chi connectivity index (χ0n) is 14.6. The first-order chi connectivity index (χ1) is 11.5. The van der Waals surface area contributed by atoms with Gasteiger partial charge in [-0.3, -0.25) is 14.4 Å². The molecule has 1 N–H and O–H groups in total. The Balaban J connectivity index is 1.80. The number of carbonyl (C=O) groups excluding carboxylic acids is 1. The molecule has 1 saturated heterocycles. The maximum atomic E-state index is 11.5. The molecule has 2 heterocycles. The van der Waals surface area contributed by atoms with Crippen molar-refractivity contribution in [3.05, 3.63) is 28.9 Å². The number of amides is 1. The molecule has 0 saturated carbocycles. The Kier molecular flexibility index (Phi) is 5.11. The molecule has 2 aromatic rings.